The van der Waals surface area contributed by atoms with Crippen LogP contribution >= 0.6 is 0 Å². The molecule has 0 spiro atoms. The van der Waals surface area contributed by atoms with Crippen molar-refractivity contribution in [3.63, 3.8) is 0 Å². The highest BCUT2D eigenvalue weighted by Crippen LogP contribution is 2.19. The van der Waals surface area contributed by atoms with E-state index in [4.69, 9.17) is 4.74 Å². The van der Waals surface area contributed by atoms with E-state index in [9.17, 15) is 0 Å². The van der Waals surface area contributed by atoms with Crippen molar-refractivity contribution in [2.45, 2.75) is 20.3 Å². The van der Waals surface area contributed by atoms with Gasteiger partial charge in [-0.1, -0.05) is 13.3 Å². The Balaban J connectivity index is 2.57. The van der Waals surface area contributed by atoms with Crippen LogP contribution < -0.4 is 15.0 Å². The summed E-state index contributed by atoms with van der Waals surface area (Å²) in [4.78, 5) is 2.31. The van der Waals surface area contributed by atoms with Crippen molar-refractivity contribution in [1.29, 1.82) is 0 Å². The molecule has 0 aliphatic heterocycles. The predicted molar refractivity (Wildman–Crippen MR) is 78.6 cm³/mol. The van der Waals surface area contributed by atoms with E-state index in [1.807, 2.05) is 26.1 Å². The van der Waals surface area contributed by atoms with Gasteiger partial charge in [0.15, 0.2) is 0 Å². The van der Waals surface area contributed by atoms with Gasteiger partial charge in [0.05, 0.1) is 6.61 Å². The average molecular weight is 250 g/mol. The van der Waals surface area contributed by atoms with Gasteiger partial charge in [0, 0.05) is 19.3 Å². The third-order valence-corrected chi connectivity index (χ3v) is 3.19. The summed E-state index contributed by atoms with van der Waals surface area (Å²) in [6, 6.07) is 8.32. The summed E-state index contributed by atoms with van der Waals surface area (Å²) in [5.74, 6) is 1.63. The van der Waals surface area contributed by atoms with E-state index < -0.39 is 0 Å². The highest BCUT2D eigenvalue weighted by Gasteiger charge is 2.09. The van der Waals surface area contributed by atoms with E-state index in [0.717, 1.165) is 25.4 Å². The SMILES string of the molecule is CCOc1ccc(N(C)CC(CC)CNC)cc1. The standard InChI is InChI=1S/C15H26N2O/c1-5-13(11-16-3)12-17(4)14-7-9-15(10-8-14)18-6-2/h7-10,13,16H,5-6,11-12H2,1-4H3. The van der Waals surface area contributed by atoms with Crippen molar-refractivity contribution in [2.24, 2.45) is 5.92 Å². The monoisotopic (exact) mass is 250 g/mol. The summed E-state index contributed by atoms with van der Waals surface area (Å²) in [5, 5.41) is 3.25. The van der Waals surface area contributed by atoms with E-state index in [1.54, 1.807) is 0 Å². The minimum absolute atomic E-state index is 0.687. The maximum Gasteiger partial charge on any atom is 0.119 e. The maximum absolute atomic E-state index is 5.45. The normalized spacial score (nSPS) is 12.2. The lowest BCUT2D eigenvalue weighted by atomic mass is 10.1. The zero-order valence-corrected chi connectivity index (χ0v) is 12.1. The van der Waals surface area contributed by atoms with Crippen LogP contribution in [0.1, 0.15) is 20.3 Å². The predicted octanol–water partition coefficient (Wildman–Crippen LogP) is 2.77. The molecule has 0 bridgehead atoms. The van der Waals surface area contributed by atoms with Crippen LogP contribution in [0, 0.1) is 5.92 Å². The number of anilines is 1. The third-order valence-electron chi connectivity index (χ3n) is 3.19. The van der Waals surface area contributed by atoms with Gasteiger partial charge in [-0.05, 0) is 50.7 Å². The molecule has 0 fully saturated rings. The molecule has 1 unspecified atom stereocenters. The lowest BCUT2D eigenvalue weighted by Gasteiger charge is -2.25. The van der Waals surface area contributed by atoms with Gasteiger partial charge in [-0.15, -0.1) is 0 Å². The first-order chi connectivity index (χ1) is 8.71. The summed E-state index contributed by atoms with van der Waals surface area (Å²) in [6.07, 6.45) is 1.20. The van der Waals surface area contributed by atoms with Crippen LogP contribution in [0.5, 0.6) is 5.75 Å². The van der Waals surface area contributed by atoms with Crippen LogP contribution in [-0.2, 0) is 0 Å². The van der Waals surface area contributed by atoms with Gasteiger partial charge < -0.3 is 15.0 Å². The van der Waals surface area contributed by atoms with Crippen LogP contribution in [0.15, 0.2) is 24.3 Å². The summed E-state index contributed by atoms with van der Waals surface area (Å²) in [6.45, 7) is 7.11. The lowest BCUT2D eigenvalue weighted by molar-refractivity contribution is 0.340. The van der Waals surface area contributed by atoms with Crippen molar-refractivity contribution >= 4 is 5.69 Å². The van der Waals surface area contributed by atoms with Gasteiger partial charge in [-0.3, -0.25) is 0 Å². The van der Waals surface area contributed by atoms with Crippen molar-refractivity contribution < 1.29 is 4.74 Å². The molecule has 0 saturated carbocycles. The molecule has 0 aliphatic carbocycles. The van der Waals surface area contributed by atoms with Crippen molar-refractivity contribution in [3.8, 4) is 5.75 Å². The van der Waals surface area contributed by atoms with Crippen LogP contribution in [0.4, 0.5) is 5.69 Å². The average Bonchev–Trinajstić information content (AvgIpc) is 2.39. The number of hydrogen-bond acceptors (Lipinski definition) is 3. The first kappa shape index (κ1) is 14.8. The summed E-state index contributed by atoms with van der Waals surface area (Å²) >= 11 is 0. The molecule has 0 radical (unpaired) electrons. The molecule has 0 saturated heterocycles. The second-order valence-electron chi connectivity index (χ2n) is 4.64. The highest BCUT2D eigenvalue weighted by atomic mass is 16.5. The first-order valence-corrected chi connectivity index (χ1v) is 6.79. The Bertz CT molecular complexity index is 324. The van der Waals surface area contributed by atoms with Crippen molar-refractivity contribution in [2.75, 3.05) is 38.7 Å². The molecule has 1 rings (SSSR count). The fourth-order valence-electron chi connectivity index (χ4n) is 2.08. The van der Waals surface area contributed by atoms with E-state index in [1.165, 1.54) is 12.1 Å². The molecule has 1 atom stereocenters. The molecular weight excluding hydrogens is 224 g/mol. The molecule has 18 heavy (non-hydrogen) atoms. The molecule has 1 aromatic carbocycles. The van der Waals surface area contributed by atoms with E-state index in [-0.39, 0.29) is 0 Å². The quantitative estimate of drug-likeness (QED) is 0.768. The highest BCUT2D eigenvalue weighted by molar-refractivity contribution is 5.48. The largest absolute Gasteiger partial charge is 0.494 e. The number of nitrogens with zero attached hydrogens (tertiary/aromatic N) is 1. The molecule has 3 nitrogen and oxygen atoms in total. The van der Waals surface area contributed by atoms with Gasteiger partial charge in [-0.25, -0.2) is 0 Å². The zero-order valence-electron chi connectivity index (χ0n) is 12.1. The Labute approximate surface area is 111 Å². The number of hydrogen-bond donors (Lipinski definition) is 1. The van der Waals surface area contributed by atoms with Crippen LogP contribution in [-0.4, -0.2) is 33.8 Å². The van der Waals surface area contributed by atoms with Crippen LogP contribution in [0.2, 0.25) is 0 Å². The molecule has 0 aliphatic rings. The Morgan fingerprint density at radius 3 is 2.39 bits per heavy atom. The third kappa shape index (κ3) is 4.57. The summed E-state index contributed by atoms with van der Waals surface area (Å²) in [5.41, 5.74) is 1.24. The van der Waals surface area contributed by atoms with Gasteiger partial charge in [0.2, 0.25) is 0 Å². The molecular formula is C15H26N2O. The van der Waals surface area contributed by atoms with Gasteiger partial charge >= 0.3 is 0 Å². The molecule has 1 aromatic rings. The lowest BCUT2D eigenvalue weighted by Crippen LogP contribution is -2.30. The summed E-state index contributed by atoms with van der Waals surface area (Å²) < 4.78 is 5.45. The molecule has 102 valence electrons. The maximum atomic E-state index is 5.45. The first-order valence-electron chi connectivity index (χ1n) is 6.79. The van der Waals surface area contributed by atoms with Crippen molar-refractivity contribution in [3.05, 3.63) is 24.3 Å². The number of nitrogens with one attached hydrogen (secondary N) is 1. The zero-order chi connectivity index (χ0) is 13.4. The van der Waals surface area contributed by atoms with Gasteiger partial charge in [0.25, 0.3) is 0 Å². The number of ether oxygens (including phenoxy) is 1. The molecule has 0 heterocycles. The Morgan fingerprint density at radius 2 is 1.89 bits per heavy atom. The molecule has 0 amide bonds. The second-order valence-corrected chi connectivity index (χ2v) is 4.64. The van der Waals surface area contributed by atoms with E-state index >= 15 is 0 Å². The second kappa shape index (κ2) is 7.98. The Hall–Kier alpha value is -1.22. The topological polar surface area (TPSA) is 24.5 Å². The molecule has 0 aromatic heterocycles. The van der Waals surface area contributed by atoms with E-state index in [0.29, 0.717) is 5.92 Å². The van der Waals surface area contributed by atoms with Gasteiger partial charge in [-0.2, -0.15) is 0 Å². The fraction of sp³-hybridized carbons (Fsp3) is 0.600. The van der Waals surface area contributed by atoms with E-state index in [2.05, 4.69) is 36.3 Å². The number of rotatable bonds is 8. The van der Waals surface area contributed by atoms with Crippen LogP contribution in [0.25, 0.3) is 0 Å². The Kier molecular flexibility index (Phi) is 6.58. The smallest absolute Gasteiger partial charge is 0.119 e. The van der Waals surface area contributed by atoms with Crippen LogP contribution in [0.3, 0.4) is 0 Å². The minimum atomic E-state index is 0.687. The Morgan fingerprint density at radius 1 is 1.22 bits per heavy atom. The summed E-state index contributed by atoms with van der Waals surface area (Å²) in [7, 11) is 4.16. The molecule has 3 heteroatoms. The van der Waals surface area contributed by atoms with Gasteiger partial charge in [0.1, 0.15) is 5.75 Å². The molecule has 1 N–H and O–H groups in total. The van der Waals surface area contributed by atoms with Crippen molar-refractivity contribution in [1.82, 2.24) is 5.32 Å². The minimum Gasteiger partial charge on any atom is -0.494 e. The number of benzene rings is 1. The fourth-order valence-corrected chi connectivity index (χ4v) is 2.08.